The number of hydrogen-bond donors (Lipinski definition) is 0. The predicted octanol–water partition coefficient (Wildman–Crippen LogP) is 2.41. The van der Waals surface area contributed by atoms with Crippen LogP contribution < -0.4 is 10.5 Å². The highest BCUT2D eigenvalue weighted by atomic mass is 32.1. The third-order valence-electron chi connectivity index (χ3n) is 5.74. The molecule has 2 aromatic heterocycles. The van der Waals surface area contributed by atoms with Crippen LogP contribution in [0.5, 0.6) is 0 Å². The van der Waals surface area contributed by atoms with E-state index in [-0.39, 0.29) is 5.56 Å². The van der Waals surface area contributed by atoms with Gasteiger partial charge in [-0.25, -0.2) is 4.98 Å². The van der Waals surface area contributed by atoms with Crippen LogP contribution in [-0.4, -0.2) is 51.7 Å². The normalized spacial score (nSPS) is 25.6. The van der Waals surface area contributed by atoms with E-state index < -0.39 is 0 Å². The Morgan fingerprint density at radius 1 is 1.16 bits per heavy atom. The molecule has 1 aliphatic carbocycles. The summed E-state index contributed by atoms with van der Waals surface area (Å²) in [7, 11) is 0. The fourth-order valence-electron chi connectivity index (χ4n) is 4.04. The summed E-state index contributed by atoms with van der Waals surface area (Å²) in [5, 5.41) is 5.45. The van der Waals surface area contributed by atoms with Gasteiger partial charge in [-0.15, -0.1) is 5.10 Å². The second-order valence-corrected chi connectivity index (χ2v) is 8.39. The molecule has 2 fully saturated rings. The van der Waals surface area contributed by atoms with Crippen molar-refractivity contribution in [2.75, 3.05) is 31.1 Å². The van der Waals surface area contributed by atoms with E-state index >= 15 is 0 Å². The summed E-state index contributed by atoms with van der Waals surface area (Å²) in [6, 6.07) is 2.36. The van der Waals surface area contributed by atoms with E-state index in [0.717, 1.165) is 55.4 Å². The Labute approximate surface area is 152 Å². The molecule has 0 atom stereocenters. The molecule has 0 aromatic carbocycles. The van der Waals surface area contributed by atoms with Gasteiger partial charge in [0, 0.05) is 44.0 Å². The Morgan fingerprint density at radius 2 is 1.88 bits per heavy atom. The van der Waals surface area contributed by atoms with E-state index in [4.69, 9.17) is 0 Å². The Bertz CT molecular complexity index is 784. The van der Waals surface area contributed by atoms with E-state index in [2.05, 4.69) is 26.8 Å². The van der Waals surface area contributed by atoms with E-state index in [9.17, 15) is 4.79 Å². The van der Waals surface area contributed by atoms with Crippen LogP contribution in [0.2, 0.25) is 0 Å². The zero-order valence-electron chi connectivity index (χ0n) is 15.1. The molecule has 1 aliphatic heterocycles. The molecule has 136 valence electrons. The minimum atomic E-state index is -0.0701. The first-order valence-corrected chi connectivity index (χ1v) is 10.3. The second-order valence-electron chi connectivity index (χ2n) is 7.45. The number of hydrogen-bond acceptors (Lipinski definition) is 6. The summed E-state index contributed by atoms with van der Waals surface area (Å²) >= 11 is 1.53. The highest BCUT2D eigenvalue weighted by molar-refractivity contribution is 7.20. The lowest BCUT2D eigenvalue weighted by Crippen LogP contribution is -2.51. The fourth-order valence-corrected chi connectivity index (χ4v) is 5.02. The van der Waals surface area contributed by atoms with Gasteiger partial charge < -0.3 is 4.90 Å². The molecule has 2 aliphatic rings. The van der Waals surface area contributed by atoms with Crippen molar-refractivity contribution in [2.24, 2.45) is 5.92 Å². The van der Waals surface area contributed by atoms with Gasteiger partial charge in [0.05, 0.1) is 0 Å². The van der Waals surface area contributed by atoms with Crippen LogP contribution in [0.15, 0.2) is 10.9 Å². The van der Waals surface area contributed by atoms with Gasteiger partial charge >= 0.3 is 0 Å². The van der Waals surface area contributed by atoms with Gasteiger partial charge in [-0.2, -0.15) is 4.52 Å². The van der Waals surface area contributed by atoms with Crippen molar-refractivity contribution < 1.29 is 0 Å². The molecule has 7 heteroatoms. The topological polar surface area (TPSA) is 53.7 Å². The smallest absolute Gasteiger partial charge is 0.275 e. The Hall–Kier alpha value is -1.47. The van der Waals surface area contributed by atoms with Crippen molar-refractivity contribution in [3.63, 3.8) is 0 Å². The number of anilines is 1. The van der Waals surface area contributed by atoms with Crippen molar-refractivity contribution in [1.82, 2.24) is 19.5 Å². The summed E-state index contributed by atoms with van der Waals surface area (Å²) in [4.78, 5) is 22.4. The molecule has 0 amide bonds. The lowest BCUT2D eigenvalue weighted by atomic mass is 9.86. The first-order valence-electron chi connectivity index (χ1n) is 9.53. The zero-order valence-corrected chi connectivity index (χ0v) is 16.0. The second kappa shape index (κ2) is 7.03. The summed E-state index contributed by atoms with van der Waals surface area (Å²) in [5.41, 5.74) is 0.774. The average Bonchev–Trinajstić information content (AvgIpc) is 3.07. The lowest BCUT2D eigenvalue weighted by Gasteiger charge is -2.41. The number of nitrogens with zero attached hydrogens (tertiary/aromatic N) is 5. The van der Waals surface area contributed by atoms with Gasteiger partial charge in [-0.3, -0.25) is 9.69 Å². The third kappa shape index (κ3) is 3.44. The molecule has 25 heavy (non-hydrogen) atoms. The van der Waals surface area contributed by atoms with E-state index in [1.165, 1.54) is 41.5 Å². The van der Waals surface area contributed by atoms with Gasteiger partial charge in [0.2, 0.25) is 10.1 Å². The molecule has 0 unspecified atom stereocenters. The molecule has 1 saturated carbocycles. The molecule has 2 aromatic rings. The van der Waals surface area contributed by atoms with Crippen molar-refractivity contribution >= 4 is 21.4 Å². The van der Waals surface area contributed by atoms with Crippen LogP contribution in [0, 0.1) is 5.92 Å². The van der Waals surface area contributed by atoms with Gasteiger partial charge in [0.25, 0.3) is 5.56 Å². The fraction of sp³-hybridized carbons (Fsp3) is 0.722. The maximum Gasteiger partial charge on any atom is 0.275 e. The summed E-state index contributed by atoms with van der Waals surface area (Å²) < 4.78 is 1.45. The first-order chi connectivity index (χ1) is 12.1. The molecule has 0 radical (unpaired) electrons. The maximum absolute atomic E-state index is 12.2. The van der Waals surface area contributed by atoms with Crippen molar-refractivity contribution in [3.05, 3.63) is 22.1 Å². The van der Waals surface area contributed by atoms with Crippen LogP contribution in [0.1, 0.15) is 45.2 Å². The molecular weight excluding hydrogens is 334 g/mol. The van der Waals surface area contributed by atoms with Crippen LogP contribution in [0.3, 0.4) is 0 Å². The first kappa shape index (κ1) is 17.0. The molecule has 0 spiro atoms. The minimum absolute atomic E-state index is 0.0701. The van der Waals surface area contributed by atoms with Crippen molar-refractivity contribution in [1.29, 1.82) is 0 Å². The summed E-state index contributed by atoms with van der Waals surface area (Å²) in [6.07, 6.45) is 6.22. The van der Waals surface area contributed by atoms with Crippen LogP contribution in [-0.2, 0) is 6.42 Å². The highest BCUT2D eigenvalue weighted by Crippen LogP contribution is 2.29. The number of aromatic nitrogens is 3. The zero-order chi connectivity index (χ0) is 17.4. The molecule has 1 saturated heterocycles. The van der Waals surface area contributed by atoms with Crippen LogP contribution >= 0.6 is 11.3 Å². The number of fused-ring (bicyclic) bond motifs is 1. The third-order valence-corrected chi connectivity index (χ3v) is 6.71. The maximum atomic E-state index is 12.2. The van der Waals surface area contributed by atoms with E-state index in [1.54, 1.807) is 6.07 Å². The molecule has 0 bridgehead atoms. The standard InChI is InChI=1S/C18H27N5OS/c1-3-14-12-16(24)23-17(19-14)25-18(20-23)22-10-8-21(9-11-22)15-6-4-13(2)5-7-15/h12-13,15H,3-11H2,1-2H3. The van der Waals surface area contributed by atoms with Gasteiger partial charge in [0.15, 0.2) is 0 Å². The molecular formula is C18H27N5OS. The highest BCUT2D eigenvalue weighted by Gasteiger charge is 2.28. The minimum Gasteiger partial charge on any atom is -0.344 e. The predicted molar refractivity (Wildman–Crippen MR) is 102 cm³/mol. The quantitative estimate of drug-likeness (QED) is 0.840. The summed E-state index contributed by atoms with van der Waals surface area (Å²) in [5.74, 6) is 0.902. The number of aryl methyl sites for hydroxylation is 1. The Balaban J connectivity index is 1.45. The van der Waals surface area contributed by atoms with Gasteiger partial charge in [0.1, 0.15) is 0 Å². The van der Waals surface area contributed by atoms with E-state index in [1.807, 2.05) is 6.92 Å². The van der Waals surface area contributed by atoms with Gasteiger partial charge in [-0.05, 0) is 38.0 Å². The SMILES string of the molecule is CCc1cc(=O)n2nc(N3CCN(C4CCC(C)CC4)CC3)sc2n1. The number of rotatable bonds is 3. The molecule has 3 heterocycles. The van der Waals surface area contributed by atoms with Crippen molar-refractivity contribution in [2.45, 2.75) is 52.0 Å². The van der Waals surface area contributed by atoms with Crippen LogP contribution in [0.4, 0.5) is 5.13 Å². The molecule has 4 rings (SSSR count). The van der Waals surface area contributed by atoms with E-state index in [0.29, 0.717) is 4.96 Å². The lowest BCUT2D eigenvalue weighted by molar-refractivity contribution is 0.133. The Kier molecular flexibility index (Phi) is 4.78. The number of piperazine rings is 1. The molecule has 6 nitrogen and oxygen atoms in total. The average molecular weight is 362 g/mol. The van der Waals surface area contributed by atoms with Crippen LogP contribution in [0.25, 0.3) is 4.96 Å². The Morgan fingerprint density at radius 3 is 2.56 bits per heavy atom. The molecule has 0 N–H and O–H groups in total. The summed E-state index contributed by atoms with van der Waals surface area (Å²) in [6.45, 7) is 8.56. The van der Waals surface area contributed by atoms with Crippen molar-refractivity contribution in [3.8, 4) is 0 Å². The van der Waals surface area contributed by atoms with Gasteiger partial charge in [-0.1, -0.05) is 25.2 Å². The monoisotopic (exact) mass is 361 g/mol. The largest absolute Gasteiger partial charge is 0.344 e.